The van der Waals surface area contributed by atoms with E-state index in [9.17, 15) is 4.79 Å². The molecule has 1 aromatic rings. The molecule has 0 heterocycles. The Kier molecular flexibility index (Phi) is 6.85. The summed E-state index contributed by atoms with van der Waals surface area (Å²) in [6, 6.07) is 9.57. The Bertz CT molecular complexity index is 341. The highest BCUT2D eigenvalue weighted by Gasteiger charge is 2.23. The Hall–Kier alpha value is -1.06. The Balaban J connectivity index is 0.00000256. The van der Waals surface area contributed by atoms with Crippen LogP contribution in [0.3, 0.4) is 0 Å². The fourth-order valence-electron chi connectivity index (χ4n) is 1.54. The Labute approximate surface area is 109 Å². The number of amides is 1. The first kappa shape index (κ1) is 15.9. The van der Waals surface area contributed by atoms with Gasteiger partial charge < -0.3 is 10.6 Å². The maximum absolute atomic E-state index is 12.2. The molecule has 2 N–H and O–H groups in total. The minimum atomic E-state index is -0.153. The number of anilines is 1. The van der Waals surface area contributed by atoms with Crippen LogP contribution < -0.4 is 10.6 Å². The van der Waals surface area contributed by atoms with E-state index < -0.39 is 0 Å². The van der Waals surface area contributed by atoms with E-state index >= 15 is 0 Å². The minimum Gasteiger partial charge on any atom is -0.327 e. The molecule has 1 aromatic carbocycles. The molecular formula is C13H21ClN2O. The second kappa shape index (κ2) is 7.30. The SMILES string of the molecule is CCN(C(=O)C(C)C(C)N)c1ccccc1.Cl. The topological polar surface area (TPSA) is 46.3 Å². The number of halogens is 1. The van der Waals surface area contributed by atoms with Crippen molar-refractivity contribution in [1.82, 2.24) is 0 Å². The predicted octanol–water partition coefficient (Wildman–Crippen LogP) is 2.44. The summed E-state index contributed by atoms with van der Waals surface area (Å²) >= 11 is 0. The van der Waals surface area contributed by atoms with Gasteiger partial charge in [-0.2, -0.15) is 0 Å². The molecule has 2 atom stereocenters. The van der Waals surface area contributed by atoms with E-state index in [1.807, 2.05) is 51.1 Å². The van der Waals surface area contributed by atoms with Crippen molar-refractivity contribution in [2.75, 3.05) is 11.4 Å². The van der Waals surface area contributed by atoms with Crippen LogP contribution in [0.2, 0.25) is 0 Å². The van der Waals surface area contributed by atoms with Crippen LogP contribution in [0.4, 0.5) is 5.69 Å². The molecular weight excluding hydrogens is 236 g/mol. The molecule has 3 nitrogen and oxygen atoms in total. The van der Waals surface area contributed by atoms with Crippen molar-refractivity contribution in [2.45, 2.75) is 26.8 Å². The lowest BCUT2D eigenvalue weighted by Gasteiger charge is -2.26. The highest BCUT2D eigenvalue weighted by molar-refractivity contribution is 5.95. The van der Waals surface area contributed by atoms with Crippen molar-refractivity contribution >= 4 is 24.0 Å². The van der Waals surface area contributed by atoms with E-state index in [2.05, 4.69) is 0 Å². The average Bonchev–Trinajstić information content (AvgIpc) is 2.30. The molecule has 0 radical (unpaired) electrons. The number of benzene rings is 1. The zero-order valence-corrected chi connectivity index (χ0v) is 11.4. The molecule has 17 heavy (non-hydrogen) atoms. The molecule has 96 valence electrons. The first-order valence-corrected chi connectivity index (χ1v) is 5.70. The van der Waals surface area contributed by atoms with Crippen molar-refractivity contribution in [3.63, 3.8) is 0 Å². The number of nitrogens with two attached hydrogens (primary N) is 1. The van der Waals surface area contributed by atoms with Crippen LogP contribution >= 0.6 is 12.4 Å². The fourth-order valence-corrected chi connectivity index (χ4v) is 1.54. The van der Waals surface area contributed by atoms with Crippen molar-refractivity contribution in [1.29, 1.82) is 0 Å². The largest absolute Gasteiger partial charge is 0.327 e. The number of carbonyl (C=O) groups is 1. The van der Waals surface area contributed by atoms with Gasteiger partial charge in [-0.3, -0.25) is 4.79 Å². The maximum Gasteiger partial charge on any atom is 0.231 e. The summed E-state index contributed by atoms with van der Waals surface area (Å²) in [5.41, 5.74) is 6.69. The van der Waals surface area contributed by atoms with Gasteiger partial charge in [-0.05, 0) is 26.0 Å². The standard InChI is InChI=1S/C13H20N2O.ClH/c1-4-15(12-8-6-5-7-9-12)13(16)10(2)11(3)14;/h5-11H,4,14H2,1-3H3;1H. The summed E-state index contributed by atoms with van der Waals surface area (Å²) in [6.45, 7) is 6.37. The summed E-state index contributed by atoms with van der Waals surface area (Å²) < 4.78 is 0. The Morgan fingerprint density at radius 1 is 1.29 bits per heavy atom. The molecule has 0 aromatic heterocycles. The predicted molar refractivity (Wildman–Crippen MR) is 74.5 cm³/mol. The van der Waals surface area contributed by atoms with Gasteiger partial charge in [-0.1, -0.05) is 25.1 Å². The third-order valence-electron chi connectivity index (χ3n) is 2.83. The van der Waals surface area contributed by atoms with Crippen molar-refractivity contribution < 1.29 is 4.79 Å². The molecule has 0 fully saturated rings. The van der Waals surface area contributed by atoms with E-state index in [0.29, 0.717) is 6.54 Å². The number of hydrogen-bond acceptors (Lipinski definition) is 2. The number of carbonyl (C=O) groups excluding carboxylic acids is 1. The molecule has 0 aliphatic carbocycles. The normalized spacial score (nSPS) is 13.4. The van der Waals surface area contributed by atoms with Crippen LogP contribution in [0.1, 0.15) is 20.8 Å². The minimum absolute atomic E-state index is 0. The van der Waals surface area contributed by atoms with E-state index in [1.165, 1.54) is 0 Å². The van der Waals surface area contributed by atoms with Gasteiger partial charge in [0, 0.05) is 18.3 Å². The van der Waals surface area contributed by atoms with Gasteiger partial charge >= 0.3 is 0 Å². The summed E-state index contributed by atoms with van der Waals surface area (Å²) in [6.07, 6.45) is 0. The summed E-state index contributed by atoms with van der Waals surface area (Å²) in [4.78, 5) is 13.9. The van der Waals surface area contributed by atoms with Crippen LogP contribution in [-0.4, -0.2) is 18.5 Å². The summed E-state index contributed by atoms with van der Waals surface area (Å²) in [5.74, 6) is -0.0659. The van der Waals surface area contributed by atoms with Gasteiger partial charge in [0.05, 0.1) is 5.92 Å². The van der Waals surface area contributed by atoms with E-state index in [4.69, 9.17) is 5.73 Å². The van der Waals surface area contributed by atoms with Gasteiger partial charge in [-0.25, -0.2) is 0 Å². The van der Waals surface area contributed by atoms with E-state index in [0.717, 1.165) is 5.69 Å². The highest BCUT2D eigenvalue weighted by Crippen LogP contribution is 2.16. The maximum atomic E-state index is 12.2. The monoisotopic (exact) mass is 256 g/mol. The number of hydrogen-bond donors (Lipinski definition) is 1. The first-order valence-electron chi connectivity index (χ1n) is 5.70. The molecule has 0 saturated heterocycles. The molecule has 0 saturated carbocycles. The van der Waals surface area contributed by atoms with Crippen molar-refractivity contribution in [3.8, 4) is 0 Å². The molecule has 0 aliphatic heterocycles. The van der Waals surface area contributed by atoms with Crippen molar-refractivity contribution in [2.24, 2.45) is 11.7 Å². The quantitative estimate of drug-likeness (QED) is 0.900. The zero-order valence-electron chi connectivity index (χ0n) is 10.6. The smallest absolute Gasteiger partial charge is 0.231 e. The van der Waals surface area contributed by atoms with Gasteiger partial charge in [0.25, 0.3) is 0 Å². The second-order valence-corrected chi connectivity index (χ2v) is 4.07. The lowest BCUT2D eigenvalue weighted by Crippen LogP contribution is -2.41. The Morgan fingerprint density at radius 2 is 1.82 bits per heavy atom. The van der Waals surface area contributed by atoms with Crippen LogP contribution in [0.5, 0.6) is 0 Å². The van der Waals surface area contributed by atoms with Crippen LogP contribution in [-0.2, 0) is 4.79 Å². The molecule has 0 bridgehead atoms. The lowest BCUT2D eigenvalue weighted by atomic mass is 10.0. The average molecular weight is 257 g/mol. The zero-order chi connectivity index (χ0) is 12.1. The molecule has 0 aliphatic rings. The van der Waals surface area contributed by atoms with Gasteiger partial charge in [0.1, 0.15) is 0 Å². The highest BCUT2D eigenvalue weighted by atomic mass is 35.5. The summed E-state index contributed by atoms with van der Waals surface area (Å²) in [7, 11) is 0. The van der Waals surface area contributed by atoms with Crippen LogP contribution in [0, 0.1) is 5.92 Å². The summed E-state index contributed by atoms with van der Waals surface area (Å²) in [5, 5.41) is 0. The van der Waals surface area contributed by atoms with E-state index in [-0.39, 0.29) is 30.3 Å². The van der Waals surface area contributed by atoms with Gasteiger partial charge in [0.15, 0.2) is 0 Å². The number of nitrogens with zero attached hydrogens (tertiary/aromatic N) is 1. The molecule has 0 spiro atoms. The molecule has 1 rings (SSSR count). The third-order valence-corrected chi connectivity index (χ3v) is 2.83. The molecule has 2 unspecified atom stereocenters. The van der Waals surface area contributed by atoms with Gasteiger partial charge in [0.2, 0.25) is 5.91 Å². The van der Waals surface area contributed by atoms with Crippen LogP contribution in [0.15, 0.2) is 30.3 Å². The second-order valence-electron chi connectivity index (χ2n) is 4.07. The first-order chi connectivity index (χ1) is 7.57. The number of para-hydroxylation sites is 1. The fraction of sp³-hybridized carbons (Fsp3) is 0.462. The third kappa shape index (κ3) is 4.02. The van der Waals surface area contributed by atoms with Crippen molar-refractivity contribution in [3.05, 3.63) is 30.3 Å². The van der Waals surface area contributed by atoms with E-state index in [1.54, 1.807) is 4.90 Å². The Morgan fingerprint density at radius 3 is 2.24 bits per heavy atom. The van der Waals surface area contributed by atoms with Crippen LogP contribution in [0.25, 0.3) is 0 Å². The van der Waals surface area contributed by atoms with Gasteiger partial charge in [-0.15, -0.1) is 12.4 Å². The molecule has 4 heteroatoms. The number of rotatable bonds is 4. The lowest BCUT2D eigenvalue weighted by molar-refractivity contribution is -0.122. The molecule has 1 amide bonds.